The molecule has 2 aromatic rings. The van der Waals surface area contributed by atoms with Crippen LogP contribution < -0.4 is 5.56 Å². The van der Waals surface area contributed by atoms with Crippen molar-refractivity contribution in [3.63, 3.8) is 0 Å². The van der Waals surface area contributed by atoms with Crippen LogP contribution in [0.15, 0.2) is 34.4 Å². The summed E-state index contributed by atoms with van der Waals surface area (Å²) in [6, 6.07) is 7.54. The van der Waals surface area contributed by atoms with Gasteiger partial charge in [-0.05, 0) is 50.6 Å². The summed E-state index contributed by atoms with van der Waals surface area (Å²) < 4.78 is 1.28. The van der Waals surface area contributed by atoms with Crippen molar-refractivity contribution in [1.82, 2.24) is 14.7 Å². The van der Waals surface area contributed by atoms with Gasteiger partial charge in [-0.1, -0.05) is 6.07 Å². The van der Waals surface area contributed by atoms with Crippen LogP contribution in [-0.4, -0.2) is 32.7 Å². The second kappa shape index (κ2) is 6.66. The van der Waals surface area contributed by atoms with Crippen molar-refractivity contribution in [2.75, 3.05) is 0 Å². The van der Waals surface area contributed by atoms with Crippen LogP contribution in [-0.2, 0) is 11.3 Å². The smallest absolute Gasteiger partial charge is 0.267 e. The van der Waals surface area contributed by atoms with Gasteiger partial charge in [0, 0.05) is 18.2 Å². The minimum atomic E-state index is -0.240. The lowest BCUT2D eigenvalue weighted by Crippen LogP contribution is -2.49. The maximum Gasteiger partial charge on any atom is 0.267 e. The largest absolute Gasteiger partial charge is 0.336 e. The van der Waals surface area contributed by atoms with Crippen LogP contribution in [0.3, 0.4) is 0 Å². The van der Waals surface area contributed by atoms with E-state index in [9.17, 15) is 9.59 Å². The van der Waals surface area contributed by atoms with Crippen LogP contribution in [0.4, 0.5) is 0 Å². The number of carbonyl (C=O) groups excluding carboxylic acids is 1. The summed E-state index contributed by atoms with van der Waals surface area (Å²) in [5, 5.41) is 6.33. The third kappa shape index (κ3) is 3.37. The quantitative estimate of drug-likeness (QED) is 0.869. The Kier molecular flexibility index (Phi) is 4.61. The molecule has 3 rings (SSSR count). The molecule has 0 bridgehead atoms. The molecule has 122 valence electrons. The number of hydrogen-bond donors (Lipinski definition) is 0. The second-order valence-electron chi connectivity index (χ2n) is 6.12. The van der Waals surface area contributed by atoms with Gasteiger partial charge in [-0.15, -0.1) is 11.3 Å². The molecular weight excluding hydrogens is 310 g/mol. The summed E-state index contributed by atoms with van der Waals surface area (Å²) >= 11 is 1.57. The maximum atomic E-state index is 12.7. The molecule has 0 radical (unpaired) electrons. The van der Waals surface area contributed by atoms with Gasteiger partial charge >= 0.3 is 0 Å². The van der Waals surface area contributed by atoms with Crippen molar-refractivity contribution < 1.29 is 4.79 Å². The molecule has 1 fully saturated rings. The summed E-state index contributed by atoms with van der Waals surface area (Å²) in [6.45, 7) is 4.16. The van der Waals surface area contributed by atoms with Gasteiger partial charge < -0.3 is 4.90 Å². The highest BCUT2D eigenvalue weighted by Gasteiger charge is 2.29. The number of hydrogen-bond acceptors (Lipinski definition) is 4. The fourth-order valence-corrected chi connectivity index (χ4v) is 3.93. The van der Waals surface area contributed by atoms with E-state index in [0.717, 1.165) is 29.8 Å². The van der Waals surface area contributed by atoms with E-state index < -0.39 is 0 Å². The molecule has 2 unspecified atom stereocenters. The molecule has 0 spiro atoms. The van der Waals surface area contributed by atoms with Crippen LogP contribution >= 0.6 is 11.3 Å². The van der Waals surface area contributed by atoms with Crippen LogP contribution in [0.5, 0.6) is 0 Å². The van der Waals surface area contributed by atoms with Gasteiger partial charge in [-0.3, -0.25) is 9.59 Å². The summed E-state index contributed by atoms with van der Waals surface area (Å²) in [7, 11) is 0. The zero-order valence-corrected chi connectivity index (χ0v) is 14.3. The zero-order chi connectivity index (χ0) is 16.4. The predicted molar refractivity (Wildman–Crippen MR) is 91.4 cm³/mol. The van der Waals surface area contributed by atoms with Crippen molar-refractivity contribution in [1.29, 1.82) is 0 Å². The molecule has 1 aliphatic rings. The Labute approximate surface area is 139 Å². The van der Waals surface area contributed by atoms with E-state index in [-0.39, 0.29) is 30.1 Å². The summed E-state index contributed by atoms with van der Waals surface area (Å²) in [5.74, 6) is -0.0253. The van der Waals surface area contributed by atoms with Crippen LogP contribution in [0.1, 0.15) is 33.1 Å². The van der Waals surface area contributed by atoms with Gasteiger partial charge in [0.15, 0.2) is 0 Å². The summed E-state index contributed by atoms with van der Waals surface area (Å²) in [6.07, 6.45) is 3.19. The Balaban J connectivity index is 1.83. The Morgan fingerprint density at radius 2 is 2.00 bits per heavy atom. The average Bonchev–Trinajstić information content (AvgIpc) is 3.03. The Morgan fingerprint density at radius 1 is 1.26 bits per heavy atom. The summed E-state index contributed by atoms with van der Waals surface area (Å²) in [4.78, 5) is 27.6. The molecule has 23 heavy (non-hydrogen) atoms. The Bertz CT molecular complexity index is 729. The average molecular weight is 331 g/mol. The van der Waals surface area contributed by atoms with Crippen LogP contribution in [0.2, 0.25) is 0 Å². The van der Waals surface area contributed by atoms with E-state index in [1.165, 1.54) is 10.7 Å². The number of amides is 1. The lowest BCUT2D eigenvalue weighted by molar-refractivity contribution is -0.138. The third-order valence-corrected chi connectivity index (χ3v) is 5.30. The first kappa shape index (κ1) is 15.9. The fraction of sp³-hybridized carbons (Fsp3) is 0.471. The molecule has 1 saturated heterocycles. The highest BCUT2D eigenvalue weighted by Crippen LogP contribution is 2.23. The van der Waals surface area contributed by atoms with E-state index >= 15 is 0 Å². The van der Waals surface area contributed by atoms with Crippen molar-refractivity contribution in [2.24, 2.45) is 0 Å². The first-order valence-corrected chi connectivity index (χ1v) is 8.87. The molecule has 1 amide bonds. The van der Waals surface area contributed by atoms with Crippen molar-refractivity contribution >= 4 is 17.2 Å². The molecule has 6 heteroatoms. The van der Waals surface area contributed by atoms with E-state index in [0.29, 0.717) is 0 Å². The summed E-state index contributed by atoms with van der Waals surface area (Å²) in [5.41, 5.74) is 0.489. The van der Waals surface area contributed by atoms with Crippen molar-refractivity contribution in [3.05, 3.63) is 40.0 Å². The molecule has 0 aliphatic carbocycles. The molecule has 0 N–H and O–H groups in total. The normalized spacial score (nSPS) is 21.4. The molecule has 0 saturated carbocycles. The van der Waals surface area contributed by atoms with Gasteiger partial charge in [-0.25, -0.2) is 4.68 Å². The van der Waals surface area contributed by atoms with Crippen LogP contribution in [0.25, 0.3) is 10.6 Å². The highest BCUT2D eigenvalue weighted by atomic mass is 32.1. The molecular formula is C17H21N3O2S. The number of piperidine rings is 1. The van der Waals surface area contributed by atoms with Gasteiger partial charge in [0.1, 0.15) is 12.2 Å². The van der Waals surface area contributed by atoms with E-state index in [4.69, 9.17) is 0 Å². The van der Waals surface area contributed by atoms with Gasteiger partial charge in [0.25, 0.3) is 5.56 Å². The fourth-order valence-electron chi connectivity index (χ4n) is 3.24. The van der Waals surface area contributed by atoms with E-state index in [1.54, 1.807) is 17.4 Å². The Hall–Kier alpha value is -1.95. The topological polar surface area (TPSA) is 55.2 Å². The first-order valence-electron chi connectivity index (χ1n) is 7.99. The lowest BCUT2D eigenvalue weighted by Gasteiger charge is -2.39. The number of likely N-dealkylation sites (tertiary alicyclic amines) is 1. The predicted octanol–water partition coefficient (Wildman–Crippen LogP) is 2.76. The Morgan fingerprint density at radius 3 is 2.65 bits per heavy atom. The van der Waals surface area contributed by atoms with Gasteiger partial charge in [-0.2, -0.15) is 5.10 Å². The number of aromatic nitrogens is 2. The SMILES string of the molecule is CC1CCCC(C)N1C(=O)Cn1nc(-c2cccs2)ccc1=O. The number of thiophene rings is 1. The number of carbonyl (C=O) groups is 1. The highest BCUT2D eigenvalue weighted by molar-refractivity contribution is 7.13. The monoisotopic (exact) mass is 331 g/mol. The van der Waals surface area contributed by atoms with E-state index in [1.807, 2.05) is 22.4 Å². The number of rotatable bonds is 3. The minimum absolute atomic E-state index is 0.00668. The lowest BCUT2D eigenvalue weighted by atomic mass is 9.97. The first-order chi connectivity index (χ1) is 11.1. The van der Waals surface area contributed by atoms with Crippen LogP contribution in [0, 0.1) is 0 Å². The molecule has 1 aliphatic heterocycles. The molecule has 3 heterocycles. The van der Waals surface area contributed by atoms with Gasteiger partial charge in [0.2, 0.25) is 5.91 Å². The van der Waals surface area contributed by atoms with Crippen molar-refractivity contribution in [2.45, 2.75) is 51.7 Å². The third-order valence-electron chi connectivity index (χ3n) is 4.41. The minimum Gasteiger partial charge on any atom is -0.336 e. The molecule has 0 aromatic carbocycles. The van der Waals surface area contributed by atoms with Crippen molar-refractivity contribution in [3.8, 4) is 10.6 Å². The van der Waals surface area contributed by atoms with E-state index in [2.05, 4.69) is 18.9 Å². The second-order valence-corrected chi connectivity index (χ2v) is 7.07. The van der Waals surface area contributed by atoms with Gasteiger partial charge in [0.05, 0.1) is 4.88 Å². The number of nitrogens with zero attached hydrogens (tertiary/aromatic N) is 3. The zero-order valence-electron chi connectivity index (χ0n) is 13.4. The standard InChI is InChI=1S/C17H21N3O2S/c1-12-5-3-6-13(2)20(12)17(22)11-19-16(21)9-8-14(18-19)15-7-4-10-23-15/h4,7-10,12-13H,3,5-6,11H2,1-2H3. The molecule has 2 aromatic heterocycles. The molecule has 5 nitrogen and oxygen atoms in total. The maximum absolute atomic E-state index is 12.7. The molecule has 2 atom stereocenters.